The van der Waals surface area contributed by atoms with Crippen molar-refractivity contribution < 1.29 is 4.79 Å². The van der Waals surface area contributed by atoms with Gasteiger partial charge in [-0.05, 0) is 26.7 Å². The van der Waals surface area contributed by atoms with Gasteiger partial charge in [0, 0.05) is 38.0 Å². The van der Waals surface area contributed by atoms with E-state index in [4.69, 9.17) is 0 Å². The molecular weight excluding hydrogens is 240 g/mol. The molecule has 0 saturated heterocycles. The van der Waals surface area contributed by atoms with Crippen LogP contribution in [0, 0.1) is 0 Å². The lowest BCUT2D eigenvalue weighted by molar-refractivity contribution is -0.120. The minimum Gasteiger partial charge on any atom is -0.367 e. The van der Waals surface area contributed by atoms with Gasteiger partial charge in [-0.15, -0.1) is 0 Å². The molecule has 1 fully saturated rings. The van der Waals surface area contributed by atoms with E-state index in [0.717, 1.165) is 37.6 Å². The molecule has 0 amide bonds. The monoisotopic (exact) mass is 262 g/mol. The van der Waals surface area contributed by atoms with Crippen LogP contribution >= 0.6 is 0 Å². The van der Waals surface area contributed by atoms with Crippen molar-refractivity contribution in [3.8, 4) is 0 Å². The molecule has 5 heteroatoms. The quantitative estimate of drug-likeness (QED) is 0.882. The van der Waals surface area contributed by atoms with Gasteiger partial charge in [-0.25, -0.2) is 9.97 Å². The number of anilines is 2. The standard InChI is InChI=1S/C14H22N4O/c1-3-18(4-2)14-9-13(15-10-16-14)17-11-5-7-12(19)8-6-11/h9-11H,3-8H2,1-2H3,(H,15,16,17). The molecule has 5 nitrogen and oxygen atoms in total. The molecule has 0 aromatic carbocycles. The molecule has 1 aromatic rings. The highest BCUT2D eigenvalue weighted by molar-refractivity contribution is 5.79. The van der Waals surface area contributed by atoms with Gasteiger partial charge in [0.1, 0.15) is 23.7 Å². The fraction of sp³-hybridized carbons (Fsp3) is 0.643. The van der Waals surface area contributed by atoms with Crippen molar-refractivity contribution in [3.05, 3.63) is 12.4 Å². The minimum absolute atomic E-state index is 0.358. The average Bonchev–Trinajstić information content (AvgIpc) is 2.43. The summed E-state index contributed by atoms with van der Waals surface area (Å²) in [6, 6.07) is 2.35. The SMILES string of the molecule is CCN(CC)c1cc(NC2CCC(=O)CC2)ncn1. The van der Waals surface area contributed by atoms with E-state index in [1.165, 1.54) is 0 Å². The second-order valence-corrected chi connectivity index (χ2v) is 4.89. The lowest BCUT2D eigenvalue weighted by atomic mass is 9.94. The number of hydrogen-bond acceptors (Lipinski definition) is 5. The van der Waals surface area contributed by atoms with Crippen molar-refractivity contribution in [2.45, 2.75) is 45.6 Å². The number of ketones is 1. The summed E-state index contributed by atoms with van der Waals surface area (Å²) in [5.74, 6) is 2.19. The Kier molecular flexibility index (Phi) is 4.71. The first-order chi connectivity index (χ1) is 9.22. The Labute approximate surface area is 114 Å². The summed E-state index contributed by atoms with van der Waals surface area (Å²) in [5, 5.41) is 3.41. The molecular formula is C14H22N4O. The van der Waals surface area contributed by atoms with Gasteiger partial charge in [0.15, 0.2) is 0 Å². The Morgan fingerprint density at radius 2 is 1.95 bits per heavy atom. The number of hydrogen-bond donors (Lipinski definition) is 1. The third-order valence-electron chi connectivity index (χ3n) is 3.64. The highest BCUT2D eigenvalue weighted by Gasteiger charge is 2.19. The summed E-state index contributed by atoms with van der Waals surface area (Å²) in [6.45, 7) is 6.10. The third kappa shape index (κ3) is 3.66. The summed E-state index contributed by atoms with van der Waals surface area (Å²) < 4.78 is 0. The first kappa shape index (κ1) is 13.8. The number of aromatic nitrogens is 2. The van der Waals surface area contributed by atoms with Crippen LogP contribution in [0.1, 0.15) is 39.5 Å². The average molecular weight is 262 g/mol. The molecule has 2 rings (SSSR count). The fourth-order valence-electron chi connectivity index (χ4n) is 2.44. The van der Waals surface area contributed by atoms with E-state index in [0.29, 0.717) is 24.7 Å². The molecule has 0 aliphatic heterocycles. The zero-order chi connectivity index (χ0) is 13.7. The predicted octanol–water partition coefficient (Wildman–Crippen LogP) is 2.25. The highest BCUT2D eigenvalue weighted by atomic mass is 16.1. The molecule has 1 heterocycles. The minimum atomic E-state index is 0.358. The van der Waals surface area contributed by atoms with Crippen LogP contribution in [0.3, 0.4) is 0 Å². The Morgan fingerprint density at radius 3 is 2.58 bits per heavy atom. The number of nitrogens with zero attached hydrogens (tertiary/aromatic N) is 3. The largest absolute Gasteiger partial charge is 0.367 e. The van der Waals surface area contributed by atoms with Gasteiger partial charge in [0.25, 0.3) is 0 Å². The van der Waals surface area contributed by atoms with Crippen molar-refractivity contribution in [2.75, 3.05) is 23.3 Å². The molecule has 1 N–H and O–H groups in total. The molecule has 1 saturated carbocycles. The van der Waals surface area contributed by atoms with Crippen molar-refractivity contribution in [1.82, 2.24) is 9.97 Å². The predicted molar refractivity (Wildman–Crippen MR) is 76.5 cm³/mol. The Bertz CT molecular complexity index is 421. The molecule has 1 aromatic heterocycles. The second-order valence-electron chi connectivity index (χ2n) is 4.89. The zero-order valence-corrected chi connectivity index (χ0v) is 11.7. The lowest BCUT2D eigenvalue weighted by Crippen LogP contribution is -2.27. The van der Waals surface area contributed by atoms with Crippen LogP contribution < -0.4 is 10.2 Å². The number of rotatable bonds is 5. The lowest BCUT2D eigenvalue weighted by Gasteiger charge is -2.24. The van der Waals surface area contributed by atoms with E-state index in [-0.39, 0.29) is 0 Å². The Balaban J connectivity index is 2.00. The van der Waals surface area contributed by atoms with Crippen LogP contribution in [0.15, 0.2) is 12.4 Å². The fourth-order valence-corrected chi connectivity index (χ4v) is 2.44. The zero-order valence-electron chi connectivity index (χ0n) is 11.7. The van der Waals surface area contributed by atoms with Gasteiger partial charge in [-0.3, -0.25) is 4.79 Å². The van der Waals surface area contributed by atoms with Crippen LogP contribution in [0.25, 0.3) is 0 Å². The first-order valence-electron chi connectivity index (χ1n) is 7.08. The van der Waals surface area contributed by atoms with Crippen molar-refractivity contribution in [3.63, 3.8) is 0 Å². The maximum absolute atomic E-state index is 11.2. The van der Waals surface area contributed by atoms with Gasteiger partial charge < -0.3 is 10.2 Å². The van der Waals surface area contributed by atoms with E-state index in [1.54, 1.807) is 6.33 Å². The van der Waals surface area contributed by atoms with Crippen LogP contribution in [-0.4, -0.2) is 34.9 Å². The second kappa shape index (κ2) is 6.50. The van der Waals surface area contributed by atoms with Crippen LogP contribution in [0.2, 0.25) is 0 Å². The molecule has 104 valence electrons. The summed E-state index contributed by atoms with van der Waals surface area (Å²) in [6.07, 6.45) is 4.79. The molecule has 0 radical (unpaired) electrons. The number of Topliss-reactive ketones (excluding diaryl/α,β-unsaturated/α-hetero) is 1. The smallest absolute Gasteiger partial charge is 0.134 e. The summed E-state index contributed by atoms with van der Waals surface area (Å²) in [4.78, 5) is 22.0. The number of carbonyl (C=O) groups excluding carboxylic acids is 1. The van der Waals surface area contributed by atoms with E-state index < -0.39 is 0 Å². The Hall–Kier alpha value is -1.65. The Morgan fingerprint density at radius 1 is 1.26 bits per heavy atom. The molecule has 0 bridgehead atoms. The van der Waals surface area contributed by atoms with E-state index in [9.17, 15) is 4.79 Å². The van der Waals surface area contributed by atoms with Crippen molar-refractivity contribution in [2.24, 2.45) is 0 Å². The van der Waals surface area contributed by atoms with E-state index in [1.807, 2.05) is 6.07 Å². The van der Waals surface area contributed by atoms with Crippen molar-refractivity contribution in [1.29, 1.82) is 0 Å². The third-order valence-corrected chi connectivity index (χ3v) is 3.64. The van der Waals surface area contributed by atoms with Crippen LogP contribution in [0.5, 0.6) is 0 Å². The molecule has 1 aliphatic rings. The van der Waals surface area contributed by atoms with Crippen LogP contribution in [0.4, 0.5) is 11.6 Å². The van der Waals surface area contributed by atoms with Gasteiger partial charge >= 0.3 is 0 Å². The summed E-state index contributed by atoms with van der Waals surface area (Å²) in [7, 11) is 0. The topological polar surface area (TPSA) is 58.1 Å². The molecule has 0 spiro atoms. The number of nitrogens with one attached hydrogen (secondary N) is 1. The van der Waals surface area contributed by atoms with Gasteiger partial charge in [0.05, 0.1) is 0 Å². The van der Waals surface area contributed by atoms with E-state index >= 15 is 0 Å². The molecule has 0 unspecified atom stereocenters. The summed E-state index contributed by atoms with van der Waals surface area (Å²) in [5.41, 5.74) is 0. The highest BCUT2D eigenvalue weighted by Crippen LogP contribution is 2.20. The van der Waals surface area contributed by atoms with Crippen molar-refractivity contribution >= 4 is 17.4 Å². The number of carbonyl (C=O) groups is 1. The normalized spacial score (nSPS) is 16.4. The van der Waals surface area contributed by atoms with Gasteiger partial charge in [-0.2, -0.15) is 0 Å². The molecule has 0 atom stereocenters. The molecule has 19 heavy (non-hydrogen) atoms. The first-order valence-corrected chi connectivity index (χ1v) is 7.08. The van der Waals surface area contributed by atoms with Gasteiger partial charge in [-0.1, -0.05) is 0 Å². The van der Waals surface area contributed by atoms with Gasteiger partial charge in [0.2, 0.25) is 0 Å². The van der Waals surface area contributed by atoms with Crippen LogP contribution in [-0.2, 0) is 4.79 Å². The van der Waals surface area contributed by atoms with E-state index in [2.05, 4.69) is 34.0 Å². The molecule has 1 aliphatic carbocycles. The maximum atomic E-state index is 11.2. The maximum Gasteiger partial charge on any atom is 0.134 e. The summed E-state index contributed by atoms with van der Waals surface area (Å²) >= 11 is 0.